The third-order valence-corrected chi connectivity index (χ3v) is 7.40. The van der Waals surface area contributed by atoms with Crippen molar-refractivity contribution >= 4 is 21.5 Å². The first-order valence-electron chi connectivity index (χ1n) is 11.1. The number of benzene rings is 2. The van der Waals surface area contributed by atoms with Crippen molar-refractivity contribution in [2.75, 3.05) is 24.2 Å². The number of anilines is 1. The summed E-state index contributed by atoms with van der Waals surface area (Å²) in [6, 6.07) is 16.6. The quantitative estimate of drug-likeness (QED) is 0.442. The van der Waals surface area contributed by atoms with E-state index in [1.807, 2.05) is 18.5 Å². The average Bonchev–Trinajstić information content (AvgIpc) is 3.22. The van der Waals surface area contributed by atoms with Gasteiger partial charge in [-0.2, -0.15) is 9.65 Å². The van der Waals surface area contributed by atoms with E-state index < -0.39 is 10.2 Å². The highest BCUT2D eigenvalue weighted by Crippen LogP contribution is 2.29. The van der Waals surface area contributed by atoms with Gasteiger partial charge in [0.1, 0.15) is 6.26 Å². The van der Waals surface area contributed by atoms with Crippen LogP contribution in [0.25, 0.3) is 27.9 Å². The van der Waals surface area contributed by atoms with E-state index in [0.717, 1.165) is 35.3 Å². The van der Waals surface area contributed by atoms with E-state index in [1.54, 1.807) is 28.9 Å². The van der Waals surface area contributed by atoms with Crippen LogP contribution >= 0.6 is 0 Å². The van der Waals surface area contributed by atoms with Crippen LogP contribution in [0.15, 0.2) is 72.0 Å². The zero-order chi connectivity index (χ0) is 23.2. The lowest BCUT2D eigenvalue weighted by Gasteiger charge is -2.41. The van der Waals surface area contributed by atoms with Gasteiger partial charge >= 0.3 is 0 Å². The third-order valence-electron chi connectivity index (χ3n) is 6.27. The lowest BCUT2D eigenvalue weighted by atomic mass is 10.0. The van der Waals surface area contributed by atoms with Crippen molar-refractivity contribution in [3.8, 4) is 22.3 Å². The summed E-state index contributed by atoms with van der Waals surface area (Å²) in [5.41, 5.74) is 5.63. The van der Waals surface area contributed by atoms with Crippen molar-refractivity contribution < 1.29 is 8.76 Å². The first-order chi connectivity index (χ1) is 15.8. The molecule has 3 heterocycles. The molecule has 0 bridgehead atoms. The maximum absolute atomic E-state index is 12.0. The molecule has 3 atom stereocenters. The molecular weight excluding hydrogens is 434 g/mol. The first-order valence-corrected chi connectivity index (χ1v) is 13.0. The van der Waals surface area contributed by atoms with Crippen molar-refractivity contribution in [1.82, 2.24) is 19.9 Å². The van der Waals surface area contributed by atoms with E-state index in [-0.39, 0.29) is 0 Å². The van der Waals surface area contributed by atoms with Gasteiger partial charge in [-0.3, -0.25) is 0 Å². The van der Waals surface area contributed by atoms with E-state index >= 15 is 0 Å². The van der Waals surface area contributed by atoms with Crippen LogP contribution in [-0.4, -0.2) is 50.6 Å². The topological polar surface area (TPSA) is 82.8 Å². The molecule has 1 saturated heterocycles. The highest BCUT2D eigenvalue weighted by Gasteiger charge is 2.25. The van der Waals surface area contributed by atoms with Crippen LogP contribution in [0.4, 0.5) is 5.69 Å². The van der Waals surface area contributed by atoms with E-state index in [0.29, 0.717) is 22.6 Å². The van der Waals surface area contributed by atoms with E-state index in [9.17, 15) is 8.76 Å². The fourth-order valence-electron chi connectivity index (χ4n) is 4.59. The zero-order valence-corrected chi connectivity index (χ0v) is 19.8. The molecule has 1 aliphatic heterocycles. The molecule has 2 aromatic heterocycles. The molecule has 5 rings (SSSR count). The summed E-state index contributed by atoms with van der Waals surface area (Å²) in [6.07, 6.45) is 6.89. The molecule has 0 radical (unpaired) electrons. The molecule has 7 nitrogen and oxygen atoms in total. The second-order valence-corrected chi connectivity index (χ2v) is 10.9. The highest BCUT2D eigenvalue weighted by molar-refractivity contribution is 7.97. The first kappa shape index (κ1) is 21.8. The van der Waals surface area contributed by atoms with Gasteiger partial charge in [0.15, 0.2) is 10.5 Å². The van der Waals surface area contributed by atoms with Crippen LogP contribution in [0.5, 0.6) is 0 Å². The second kappa shape index (κ2) is 8.37. The minimum absolute atomic E-state index is 0.393. The van der Waals surface area contributed by atoms with Crippen LogP contribution in [0.1, 0.15) is 13.8 Å². The van der Waals surface area contributed by atoms with E-state index in [2.05, 4.69) is 58.4 Å². The number of piperazine rings is 1. The summed E-state index contributed by atoms with van der Waals surface area (Å²) >= 11 is 0. The van der Waals surface area contributed by atoms with Crippen molar-refractivity contribution in [3.05, 3.63) is 67.1 Å². The Morgan fingerprint density at radius 3 is 2.42 bits per heavy atom. The number of rotatable bonds is 4. The van der Waals surface area contributed by atoms with Gasteiger partial charge in [0.25, 0.3) is 0 Å². The van der Waals surface area contributed by atoms with E-state index in [1.165, 1.54) is 11.9 Å². The fraction of sp³-hybridized carbons (Fsp3) is 0.280. The number of nitrogens with one attached hydrogen (secondary N) is 1. The predicted molar refractivity (Wildman–Crippen MR) is 133 cm³/mol. The smallest absolute Gasteiger partial charge is 0.244 e. The molecule has 4 aromatic rings. The standard InChI is InChI=1S/C25H27N5O2S/c1-17-12-26-13-18(2)30(17)22-9-7-19(8-10-22)21-14-27-25-24(15-28-29(25)16-21)20-5-4-6-23(11-20)33(3,31)32/h4-11,14-18,26H,12-13H2,1-3H3/p+1/t17-,18+. The molecule has 0 saturated carbocycles. The van der Waals surface area contributed by atoms with Gasteiger partial charge in [0.05, 0.1) is 6.20 Å². The number of aromatic nitrogens is 3. The molecule has 0 spiro atoms. The number of fused-ring (bicyclic) bond motifs is 1. The molecule has 1 unspecified atom stereocenters. The van der Waals surface area contributed by atoms with Gasteiger partial charge in [0, 0.05) is 60.4 Å². The van der Waals surface area contributed by atoms with Gasteiger partial charge in [-0.15, -0.1) is 0 Å². The molecule has 33 heavy (non-hydrogen) atoms. The van der Waals surface area contributed by atoms with Crippen LogP contribution < -0.4 is 10.2 Å². The minimum Gasteiger partial charge on any atom is -0.364 e. The molecule has 0 aliphatic carbocycles. The largest absolute Gasteiger partial charge is 0.364 e. The van der Waals surface area contributed by atoms with Crippen LogP contribution in [-0.2, 0) is 14.4 Å². The summed E-state index contributed by atoms with van der Waals surface area (Å²) in [4.78, 5) is 7.53. The van der Waals surface area contributed by atoms with Crippen LogP contribution in [0, 0.1) is 0 Å². The van der Waals surface area contributed by atoms with E-state index in [4.69, 9.17) is 0 Å². The molecular formula is C25H28N5O2S+. The fourth-order valence-corrected chi connectivity index (χ4v) is 5.27. The molecule has 1 aliphatic rings. The van der Waals surface area contributed by atoms with Gasteiger partial charge in [-0.25, -0.2) is 9.50 Å². The highest BCUT2D eigenvalue weighted by atomic mass is 32.3. The number of hydrogen-bond donors (Lipinski definition) is 2. The molecule has 1 fully saturated rings. The van der Waals surface area contributed by atoms with Gasteiger partial charge in [0.2, 0.25) is 10.2 Å². The zero-order valence-electron chi connectivity index (χ0n) is 19.0. The monoisotopic (exact) mass is 462 g/mol. The third kappa shape index (κ3) is 4.17. The summed E-state index contributed by atoms with van der Waals surface area (Å²) in [5.74, 6) is 0. The van der Waals surface area contributed by atoms with Crippen molar-refractivity contribution in [1.29, 1.82) is 0 Å². The van der Waals surface area contributed by atoms with Gasteiger partial charge in [-0.05, 0) is 43.2 Å². The molecule has 170 valence electrons. The Morgan fingerprint density at radius 1 is 1.00 bits per heavy atom. The number of hydrogen-bond acceptors (Lipinski definition) is 5. The lowest BCUT2D eigenvalue weighted by Crippen LogP contribution is -2.55. The molecule has 8 heteroatoms. The Balaban J connectivity index is 1.45. The number of nitrogens with zero attached hydrogens (tertiary/aromatic N) is 4. The predicted octanol–water partition coefficient (Wildman–Crippen LogP) is 4.21. The maximum Gasteiger partial charge on any atom is 0.244 e. The van der Waals surface area contributed by atoms with Crippen LogP contribution in [0.2, 0.25) is 0 Å². The Morgan fingerprint density at radius 2 is 1.73 bits per heavy atom. The molecule has 2 N–H and O–H groups in total. The maximum atomic E-state index is 12.0. The SMILES string of the molecule is C[C@@H]1CNC[C@H](C)N1c1ccc(-c2cnc3c(-c4cccc([S+](C)(=O)O)c4)cnn3c2)cc1. The van der Waals surface area contributed by atoms with Crippen molar-refractivity contribution in [2.45, 2.75) is 30.8 Å². The average molecular weight is 463 g/mol. The lowest BCUT2D eigenvalue weighted by molar-refractivity contribution is 0.432. The molecule has 2 aromatic carbocycles. The minimum atomic E-state index is -3.04. The Bertz CT molecular complexity index is 1330. The molecule has 0 amide bonds. The summed E-state index contributed by atoms with van der Waals surface area (Å²) in [6.45, 7) is 6.48. The van der Waals surface area contributed by atoms with Crippen molar-refractivity contribution in [2.24, 2.45) is 0 Å². The second-order valence-electron chi connectivity index (χ2n) is 8.81. The Labute approximate surface area is 194 Å². The van der Waals surface area contributed by atoms with Gasteiger partial charge < -0.3 is 10.2 Å². The normalized spacial score (nSPS) is 20.7. The van der Waals surface area contributed by atoms with Crippen LogP contribution in [0.3, 0.4) is 0 Å². The van der Waals surface area contributed by atoms with Gasteiger partial charge in [-0.1, -0.05) is 28.5 Å². The summed E-state index contributed by atoms with van der Waals surface area (Å²) in [5, 5.41) is 7.97. The summed E-state index contributed by atoms with van der Waals surface area (Å²) < 4.78 is 23.7. The Hall–Kier alpha value is -3.07. The van der Waals surface area contributed by atoms with Crippen molar-refractivity contribution in [3.63, 3.8) is 0 Å². The summed E-state index contributed by atoms with van der Waals surface area (Å²) in [7, 11) is -3.04. The Kier molecular flexibility index (Phi) is 5.52.